The lowest BCUT2D eigenvalue weighted by Gasteiger charge is -2.34. The summed E-state index contributed by atoms with van der Waals surface area (Å²) in [6.07, 6.45) is 7.85. The van der Waals surface area contributed by atoms with Gasteiger partial charge in [-0.1, -0.05) is 45.0 Å². The number of aldehydes is 1. The van der Waals surface area contributed by atoms with Crippen LogP contribution >= 0.6 is 0 Å². The molecule has 3 aliphatic rings. The molecule has 9 nitrogen and oxygen atoms in total. The van der Waals surface area contributed by atoms with Crippen LogP contribution in [0.25, 0.3) is 17.2 Å². The number of Topliss-reactive ketones (excluding diaryl/α,β-unsaturated/α-hetero) is 1. The summed E-state index contributed by atoms with van der Waals surface area (Å²) in [5, 5.41) is 33.7. The van der Waals surface area contributed by atoms with Crippen LogP contribution in [0, 0.1) is 17.3 Å². The van der Waals surface area contributed by atoms with Gasteiger partial charge >= 0.3 is 0 Å². The summed E-state index contributed by atoms with van der Waals surface area (Å²) in [6, 6.07) is 13.4. The van der Waals surface area contributed by atoms with Crippen LogP contribution in [0.15, 0.2) is 59.0 Å². The minimum Gasteiger partial charge on any atom is -0.396 e. The number of fused-ring (bicyclic) bond motifs is 2. The molecule has 1 aromatic carbocycles. The molecule has 2 heterocycles. The van der Waals surface area contributed by atoms with E-state index >= 15 is 0 Å². The minimum atomic E-state index is -0.949. The Balaban J connectivity index is 0.00000151. The van der Waals surface area contributed by atoms with Gasteiger partial charge in [0.25, 0.3) is 0 Å². The van der Waals surface area contributed by atoms with Gasteiger partial charge in [0.15, 0.2) is 5.78 Å². The van der Waals surface area contributed by atoms with Crippen LogP contribution in [0.3, 0.4) is 0 Å². The third kappa shape index (κ3) is 8.70. The molecule has 6 atom stereocenters. The Bertz CT molecular complexity index is 1690. The predicted octanol–water partition coefficient (Wildman–Crippen LogP) is 4.56. The van der Waals surface area contributed by atoms with E-state index in [9.17, 15) is 24.9 Å². The van der Waals surface area contributed by atoms with Crippen molar-refractivity contribution in [3.63, 3.8) is 0 Å². The predicted molar refractivity (Wildman–Crippen MR) is 191 cm³/mol. The van der Waals surface area contributed by atoms with E-state index in [-0.39, 0.29) is 41.2 Å². The molecule has 3 aliphatic carbocycles. The number of aryl methyl sites for hydroxylation is 1. The summed E-state index contributed by atoms with van der Waals surface area (Å²) in [6.45, 7) is 8.77. The van der Waals surface area contributed by atoms with Gasteiger partial charge in [0.2, 0.25) is 5.56 Å². The Morgan fingerprint density at radius 3 is 2.43 bits per heavy atom. The van der Waals surface area contributed by atoms with E-state index in [0.29, 0.717) is 38.1 Å². The molecule has 1 fully saturated rings. The van der Waals surface area contributed by atoms with Crippen molar-refractivity contribution in [1.29, 1.82) is 0 Å². The Kier molecular flexibility index (Phi) is 11.8. The van der Waals surface area contributed by atoms with Gasteiger partial charge < -0.3 is 30.4 Å². The molecule has 0 amide bonds. The lowest BCUT2D eigenvalue weighted by atomic mass is 9.71. The number of H-pyrrole nitrogens is 1. The molecule has 262 valence electrons. The highest BCUT2D eigenvalue weighted by Gasteiger charge is 2.40. The van der Waals surface area contributed by atoms with Crippen molar-refractivity contribution in [2.45, 2.75) is 96.8 Å². The number of hydrogen-bond acceptors (Lipinski definition) is 8. The molecule has 9 heteroatoms. The molecule has 5 N–H and O–H groups in total. The molecule has 6 rings (SSSR count). The number of carbonyl (C=O) groups is 2. The number of aromatic nitrogens is 2. The van der Waals surface area contributed by atoms with Crippen LogP contribution in [-0.2, 0) is 28.9 Å². The number of hydrogen-bond donors (Lipinski definition) is 5. The normalized spacial score (nSPS) is 23.5. The van der Waals surface area contributed by atoms with Gasteiger partial charge in [-0.15, -0.1) is 0 Å². The summed E-state index contributed by atoms with van der Waals surface area (Å²) in [5.41, 5.74) is 8.43. The summed E-state index contributed by atoms with van der Waals surface area (Å²) >= 11 is 0. The SMILES string of the molecule is CC(C)(C)[C@H]1CCc2nc3c(cc2C1)C=C(C(=O)C[C@H](CCN[C@@H]1C[C@H](CO)[C@@H](O)[C@H]1O)c1ccc(-c2ccc(=O)[nH]c2)cc1)C3.CC=O. The van der Waals surface area contributed by atoms with Crippen molar-refractivity contribution >= 4 is 18.1 Å². The van der Waals surface area contributed by atoms with Gasteiger partial charge in [0.05, 0.1) is 17.9 Å². The highest BCUT2D eigenvalue weighted by atomic mass is 16.3. The zero-order valence-electron chi connectivity index (χ0n) is 29.1. The van der Waals surface area contributed by atoms with Crippen molar-refractivity contribution in [3.05, 3.63) is 92.7 Å². The lowest BCUT2D eigenvalue weighted by Crippen LogP contribution is -2.40. The van der Waals surface area contributed by atoms with E-state index in [1.54, 1.807) is 12.3 Å². The van der Waals surface area contributed by atoms with Gasteiger partial charge in [-0.25, -0.2) is 0 Å². The highest BCUT2D eigenvalue weighted by molar-refractivity contribution is 6.02. The maximum absolute atomic E-state index is 13.9. The molecule has 2 aromatic heterocycles. The van der Waals surface area contributed by atoms with Crippen LogP contribution in [0.4, 0.5) is 0 Å². The summed E-state index contributed by atoms with van der Waals surface area (Å²) in [5.74, 6) is 0.328. The number of aliphatic hydroxyl groups is 3. The number of nitrogens with one attached hydrogen (secondary N) is 2. The number of aliphatic hydroxyl groups excluding tert-OH is 3. The van der Waals surface area contributed by atoms with Gasteiger partial charge in [0.1, 0.15) is 6.29 Å². The van der Waals surface area contributed by atoms with Crippen LogP contribution in [0.5, 0.6) is 0 Å². The van der Waals surface area contributed by atoms with Crippen LogP contribution in [0.1, 0.15) is 87.4 Å². The van der Waals surface area contributed by atoms with Crippen LogP contribution in [-0.4, -0.2) is 68.8 Å². The number of pyridine rings is 2. The highest BCUT2D eigenvalue weighted by Crippen LogP contribution is 2.39. The molecule has 3 aromatic rings. The third-order valence-electron chi connectivity index (χ3n) is 10.6. The van der Waals surface area contributed by atoms with E-state index in [1.165, 1.54) is 24.2 Å². The number of allylic oxidation sites excluding steroid dienone is 1. The number of aromatic amines is 1. The lowest BCUT2D eigenvalue weighted by molar-refractivity contribution is -0.116. The van der Waals surface area contributed by atoms with E-state index in [4.69, 9.17) is 9.78 Å². The second kappa shape index (κ2) is 15.9. The second-order valence-electron chi connectivity index (χ2n) is 14.9. The zero-order valence-corrected chi connectivity index (χ0v) is 29.1. The molecular formula is C40H51N3O6. The van der Waals surface area contributed by atoms with Crippen molar-refractivity contribution < 1.29 is 24.9 Å². The molecule has 0 aliphatic heterocycles. The van der Waals surface area contributed by atoms with E-state index < -0.39 is 12.2 Å². The Hall–Kier alpha value is -3.76. The molecule has 49 heavy (non-hydrogen) atoms. The van der Waals surface area contributed by atoms with Gasteiger partial charge in [-0.3, -0.25) is 14.6 Å². The number of benzene rings is 1. The van der Waals surface area contributed by atoms with Crippen molar-refractivity contribution in [2.75, 3.05) is 13.2 Å². The molecule has 1 saturated carbocycles. The number of carbonyl (C=O) groups excluding carboxylic acids is 2. The van der Waals surface area contributed by atoms with Crippen molar-refractivity contribution in [3.8, 4) is 11.1 Å². The van der Waals surface area contributed by atoms with Crippen LogP contribution in [0.2, 0.25) is 0 Å². The molecule has 0 unspecified atom stereocenters. The van der Waals surface area contributed by atoms with Crippen molar-refractivity contribution in [2.24, 2.45) is 17.3 Å². The fourth-order valence-corrected chi connectivity index (χ4v) is 7.56. The zero-order chi connectivity index (χ0) is 35.3. The monoisotopic (exact) mass is 669 g/mol. The first kappa shape index (κ1) is 36.5. The van der Waals surface area contributed by atoms with E-state index in [2.05, 4.69) is 37.1 Å². The topological polar surface area (TPSA) is 153 Å². The maximum Gasteiger partial charge on any atom is 0.247 e. The molecule has 0 spiro atoms. The third-order valence-corrected chi connectivity index (χ3v) is 10.6. The molecular weight excluding hydrogens is 618 g/mol. The van der Waals surface area contributed by atoms with Crippen molar-refractivity contribution in [1.82, 2.24) is 15.3 Å². The molecule has 0 bridgehead atoms. The second-order valence-corrected chi connectivity index (χ2v) is 14.9. The maximum atomic E-state index is 13.9. The van der Waals surface area contributed by atoms with Gasteiger partial charge in [-0.05, 0) is 109 Å². The largest absolute Gasteiger partial charge is 0.396 e. The summed E-state index contributed by atoms with van der Waals surface area (Å²) in [4.78, 5) is 42.0. The fourth-order valence-electron chi connectivity index (χ4n) is 7.56. The quantitative estimate of drug-likeness (QED) is 0.197. The minimum absolute atomic E-state index is 0.0694. The van der Waals surface area contributed by atoms with Gasteiger partial charge in [0, 0.05) is 54.9 Å². The van der Waals surface area contributed by atoms with Gasteiger partial charge in [-0.2, -0.15) is 0 Å². The first-order valence-corrected chi connectivity index (χ1v) is 17.6. The Labute approximate surface area is 288 Å². The number of rotatable bonds is 10. The van der Waals surface area contributed by atoms with E-state index in [0.717, 1.165) is 59.1 Å². The Morgan fingerprint density at radius 1 is 1.08 bits per heavy atom. The summed E-state index contributed by atoms with van der Waals surface area (Å²) < 4.78 is 0. The Morgan fingerprint density at radius 2 is 1.80 bits per heavy atom. The first-order valence-electron chi connectivity index (χ1n) is 17.6. The average Bonchev–Trinajstić information content (AvgIpc) is 3.62. The standard InChI is InChI=1S/C38H47N3O5.C2H4O/c1-38(2,3)30-9-10-31-27(16-30)14-26-15-28(17-32(26)41-31)34(43)19-24(12-13-39-33-18-29(21-42)36(45)37(33)46)22-4-6-23(7-5-22)25-8-11-35(44)40-20-25;1-2-3/h4-8,11,14-15,20,24,29-30,33,36-37,39,42,45-46H,9-10,12-13,16-19,21H2,1-3H3,(H,40,44);2H,1H3/t24-,29+,30-,33+,36+,37-;/m0./s1. The smallest absolute Gasteiger partial charge is 0.247 e. The average molecular weight is 670 g/mol. The molecule has 0 saturated heterocycles. The fraction of sp³-hybridized carbons (Fsp3) is 0.500. The number of nitrogens with zero attached hydrogens (tertiary/aromatic N) is 1. The summed E-state index contributed by atoms with van der Waals surface area (Å²) in [7, 11) is 0. The van der Waals surface area contributed by atoms with E-state index in [1.807, 2.05) is 30.3 Å². The first-order chi connectivity index (χ1) is 23.4. The number of ketones is 1. The molecule has 0 radical (unpaired) electrons. The van der Waals surface area contributed by atoms with Crippen LogP contribution < -0.4 is 10.9 Å².